The maximum atomic E-state index is 12.1. The topological polar surface area (TPSA) is 76.1 Å². The van der Waals surface area contributed by atoms with E-state index in [0.717, 1.165) is 11.3 Å². The lowest BCUT2D eigenvalue weighted by Crippen LogP contribution is -2.24. The van der Waals surface area contributed by atoms with Gasteiger partial charge in [0.15, 0.2) is 0 Å². The number of methoxy groups -OCH3 is 1. The van der Waals surface area contributed by atoms with Crippen molar-refractivity contribution < 1.29 is 9.53 Å². The molecule has 6 nitrogen and oxygen atoms in total. The van der Waals surface area contributed by atoms with Crippen LogP contribution in [0.4, 0.5) is 11.5 Å². The van der Waals surface area contributed by atoms with Crippen LogP contribution in [0.25, 0.3) is 0 Å². The van der Waals surface area contributed by atoms with E-state index in [2.05, 4.69) is 20.6 Å². The monoisotopic (exact) mass is 368 g/mol. The first-order chi connectivity index (χ1) is 12.7. The number of hydrogen-bond donors (Lipinski definition) is 2. The lowest BCUT2D eigenvalue weighted by Gasteiger charge is -2.09. The van der Waals surface area contributed by atoms with Gasteiger partial charge in [-0.05, 0) is 23.8 Å². The highest BCUT2D eigenvalue weighted by Crippen LogP contribution is 2.28. The van der Waals surface area contributed by atoms with E-state index in [-0.39, 0.29) is 11.6 Å². The van der Waals surface area contributed by atoms with E-state index in [1.165, 1.54) is 12.4 Å². The molecule has 0 radical (unpaired) electrons. The molecule has 132 valence electrons. The molecular formula is C19H17ClN4O2. The molecule has 0 saturated heterocycles. The summed E-state index contributed by atoms with van der Waals surface area (Å²) in [5, 5.41) is 6.37. The van der Waals surface area contributed by atoms with Gasteiger partial charge >= 0.3 is 0 Å². The summed E-state index contributed by atoms with van der Waals surface area (Å²) >= 11 is 6.09. The average molecular weight is 369 g/mol. The van der Waals surface area contributed by atoms with Crippen LogP contribution < -0.4 is 15.4 Å². The zero-order valence-electron chi connectivity index (χ0n) is 14.1. The summed E-state index contributed by atoms with van der Waals surface area (Å²) in [5.74, 6) is 0.819. The van der Waals surface area contributed by atoms with E-state index in [4.69, 9.17) is 16.3 Å². The first-order valence-corrected chi connectivity index (χ1v) is 8.28. The molecule has 0 unspecified atom stereocenters. The molecule has 0 spiro atoms. The highest BCUT2D eigenvalue weighted by atomic mass is 35.5. The Hall–Kier alpha value is -3.12. The Morgan fingerprint density at radius 2 is 1.92 bits per heavy atom. The molecule has 1 heterocycles. The number of hydrogen-bond acceptors (Lipinski definition) is 5. The maximum Gasteiger partial charge on any atom is 0.271 e. The van der Waals surface area contributed by atoms with Crippen molar-refractivity contribution >= 4 is 29.0 Å². The van der Waals surface area contributed by atoms with Gasteiger partial charge in [0, 0.05) is 12.2 Å². The number of carbonyl (C=O) groups excluding carboxylic acids is 1. The number of carbonyl (C=O) groups is 1. The molecule has 3 aromatic rings. The number of anilines is 2. The predicted molar refractivity (Wildman–Crippen MR) is 101 cm³/mol. The number of aromatic nitrogens is 2. The van der Waals surface area contributed by atoms with Crippen molar-refractivity contribution in [3.05, 3.63) is 77.2 Å². The third kappa shape index (κ3) is 4.49. The van der Waals surface area contributed by atoms with Gasteiger partial charge in [0.2, 0.25) is 0 Å². The molecule has 0 aliphatic heterocycles. The van der Waals surface area contributed by atoms with Crippen LogP contribution in [0.1, 0.15) is 16.1 Å². The summed E-state index contributed by atoms with van der Waals surface area (Å²) in [4.78, 5) is 20.5. The van der Waals surface area contributed by atoms with Gasteiger partial charge < -0.3 is 15.4 Å². The second-order valence-electron chi connectivity index (χ2n) is 5.43. The normalized spacial score (nSPS) is 10.2. The smallest absolute Gasteiger partial charge is 0.271 e. The van der Waals surface area contributed by atoms with Crippen LogP contribution in [0.3, 0.4) is 0 Å². The van der Waals surface area contributed by atoms with Crippen LogP contribution >= 0.6 is 11.6 Å². The van der Waals surface area contributed by atoms with Gasteiger partial charge in [0.05, 0.1) is 24.5 Å². The minimum Gasteiger partial charge on any atom is -0.495 e. The number of benzene rings is 2. The summed E-state index contributed by atoms with van der Waals surface area (Å²) in [6, 6.07) is 15.0. The van der Waals surface area contributed by atoms with Gasteiger partial charge in [-0.1, -0.05) is 41.9 Å². The van der Waals surface area contributed by atoms with Crippen LogP contribution in [0.2, 0.25) is 5.02 Å². The van der Waals surface area contributed by atoms with Crippen molar-refractivity contribution in [1.82, 2.24) is 15.3 Å². The molecule has 0 aliphatic carbocycles. The molecule has 0 bridgehead atoms. The molecule has 0 fully saturated rings. The Morgan fingerprint density at radius 3 is 2.58 bits per heavy atom. The molecule has 0 saturated carbocycles. The van der Waals surface area contributed by atoms with Gasteiger partial charge in [0.1, 0.15) is 17.3 Å². The van der Waals surface area contributed by atoms with E-state index in [1.807, 2.05) is 36.4 Å². The molecule has 2 N–H and O–H groups in total. The lowest BCUT2D eigenvalue weighted by atomic mass is 10.2. The molecule has 1 amide bonds. The first-order valence-electron chi connectivity index (χ1n) is 7.90. The summed E-state index contributed by atoms with van der Waals surface area (Å²) in [6.45, 7) is 0.436. The zero-order valence-corrected chi connectivity index (χ0v) is 14.8. The number of ether oxygens (including phenoxy) is 1. The quantitative estimate of drug-likeness (QED) is 0.691. The molecule has 1 aromatic heterocycles. The first kappa shape index (κ1) is 17.7. The summed E-state index contributed by atoms with van der Waals surface area (Å²) in [6.07, 6.45) is 2.92. The van der Waals surface area contributed by atoms with E-state index < -0.39 is 0 Å². The Balaban J connectivity index is 1.61. The Morgan fingerprint density at radius 1 is 1.12 bits per heavy atom. The molecular weight excluding hydrogens is 352 g/mol. The van der Waals surface area contributed by atoms with Crippen LogP contribution in [-0.2, 0) is 6.54 Å². The fourth-order valence-electron chi connectivity index (χ4n) is 2.27. The Kier molecular flexibility index (Phi) is 5.66. The number of nitrogens with zero attached hydrogens (tertiary/aromatic N) is 2. The molecule has 26 heavy (non-hydrogen) atoms. The van der Waals surface area contributed by atoms with Crippen molar-refractivity contribution in [2.75, 3.05) is 12.4 Å². The van der Waals surface area contributed by atoms with E-state index >= 15 is 0 Å². The van der Waals surface area contributed by atoms with Crippen molar-refractivity contribution in [1.29, 1.82) is 0 Å². The van der Waals surface area contributed by atoms with Gasteiger partial charge in [-0.25, -0.2) is 9.97 Å². The van der Waals surface area contributed by atoms with Crippen molar-refractivity contribution in [2.45, 2.75) is 6.54 Å². The highest BCUT2D eigenvalue weighted by Gasteiger charge is 2.08. The van der Waals surface area contributed by atoms with Crippen LogP contribution in [-0.4, -0.2) is 23.0 Å². The van der Waals surface area contributed by atoms with E-state index in [9.17, 15) is 4.79 Å². The third-order valence-corrected chi connectivity index (χ3v) is 3.90. The molecule has 2 aromatic carbocycles. The number of amides is 1. The van der Waals surface area contributed by atoms with E-state index in [1.54, 1.807) is 19.2 Å². The highest BCUT2D eigenvalue weighted by molar-refractivity contribution is 6.32. The van der Waals surface area contributed by atoms with Crippen LogP contribution in [0.15, 0.2) is 60.9 Å². The fourth-order valence-corrected chi connectivity index (χ4v) is 2.53. The summed E-state index contributed by atoms with van der Waals surface area (Å²) in [7, 11) is 1.56. The van der Waals surface area contributed by atoms with E-state index in [0.29, 0.717) is 23.1 Å². The molecule has 0 atom stereocenters. The van der Waals surface area contributed by atoms with Crippen LogP contribution in [0, 0.1) is 0 Å². The predicted octanol–water partition coefficient (Wildman–Crippen LogP) is 3.81. The van der Waals surface area contributed by atoms with Crippen molar-refractivity contribution in [3.63, 3.8) is 0 Å². The summed E-state index contributed by atoms with van der Waals surface area (Å²) in [5.41, 5.74) is 2.01. The molecule has 7 heteroatoms. The van der Waals surface area contributed by atoms with Crippen LogP contribution in [0.5, 0.6) is 5.75 Å². The SMILES string of the molecule is COc1ccc(Nc2cnc(C(=O)NCc3ccccc3)cn2)cc1Cl. The second kappa shape index (κ2) is 8.31. The maximum absolute atomic E-state index is 12.1. The molecule has 3 rings (SSSR count). The van der Waals surface area contributed by atoms with Gasteiger partial charge in [-0.15, -0.1) is 0 Å². The number of rotatable bonds is 6. The van der Waals surface area contributed by atoms with Gasteiger partial charge in [0.25, 0.3) is 5.91 Å². The molecule has 0 aliphatic rings. The third-order valence-electron chi connectivity index (χ3n) is 3.60. The minimum absolute atomic E-state index is 0.249. The van der Waals surface area contributed by atoms with Crippen molar-refractivity contribution in [2.24, 2.45) is 0 Å². The lowest BCUT2D eigenvalue weighted by molar-refractivity contribution is 0.0945. The number of halogens is 1. The van der Waals surface area contributed by atoms with Gasteiger partial charge in [-0.3, -0.25) is 4.79 Å². The zero-order chi connectivity index (χ0) is 18.4. The number of nitrogens with one attached hydrogen (secondary N) is 2. The largest absolute Gasteiger partial charge is 0.495 e. The summed E-state index contributed by atoms with van der Waals surface area (Å²) < 4.78 is 5.12. The Bertz CT molecular complexity index is 886. The Labute approximate surface area is 156 Å². The second-order valence-corrected chi connectivity index (χ2v) is 5.84. The minimum atomic E-state index is -0.277. The fraction of sp³-hybridized carbons (Fsp3) is 0.105. The van der Waals surface area contributed by atoms with Crippen molar-refractivity contribution in [3.8, 4) is 5.75 Å². The van der Waals surface area contributed by atoms with Gasteiger partial charge in [-0.2, -0.15) is 0 Å². The average Bonchev–Trinajstić information content (AvgIpc) is 2.68. The standard InChI is InChI=1S/C19H17ClN4O2/c1-26-17-8-7-14(9-15(17)20)24-18-12-21-16(11-22-18)19(25)23-10-13-5-3-2-4-6-13/h2-9,11-12H,10H2,1H3,(H,22,24)(H,23,25).